The molecule has 3 aromatic rings. The molecule has 1 amide bonds. The number of aliphatic imine (C=N–C) groups is 1. The van der Waals surface area contributed by atoms with E-state index in [1.54, 1.807) is 48.5 Å². The summed E-state index contributed by atoms with van der Waals surface area (Å²) in [7, 11) is 0. The van der Waals surface area contributed by atoms with Crippen molar-refractivity contribution >= 4 is 39.4 Å². The predicted octanol–water partition coefficient (Wildman–Crippen LogP) is 5.02. The van der Waals surface area contributed by atoms with E-state index in [0.29, 0.717) is 11.4 Å². The zero-order valence-electron chi connectivity index (χ0n) is 13.4. The van der Waals surface area contributed by atoms with Crippen LogP contribution in [0.4, 0.5) is 10.1 Å². The molecular formula is C20H12BrFN2O2. The Labute approximate surface area is 157 Å². The summed E-state index contributed by atoms with van der Waals surface area (Å²) in [6, 6.07) is 16.9. The largest absolute Gasteiger partial charge is 0.465 e. The first kappa shape index (κ1) is 16.5. The van der Waals surface area contributed by atoms with Crippen molar-refractivity contribution in [2.75, 3.05) is 4.90 Å². The Kier molecular flexibility index (Phi) is 4.26. The number of carbonyl (C=O) groups excluding carboxylic acids is 1. The summed E-state index contributed by atoms with van der Waals surface area (Å²) in [6.45, 7) is 0. The number of halogens is 2. The number of nitrogens with zero attached hydrogens (tertiary/aromatic N) is 2. The van der Waals surface area contributed by atoms with Crippen LogP contribution in [0.15, 0.2) is 86.5 Å². The van der Waals surface area contributed by atoms with E-state index < -0.39 is 5.82 Å². The fraction of sp³-hybridized carbons (Fsp3) is 0. The molecule has 128 valence electrons. The molecule has 0 N–H and O–H groups in total. The Bertz CT molecular complexity index is 1020. The summed E-state index contributed by atoms with van der Waals surface area (Å²) >= 11 is 3.38. The van der Waals surface area contributed by atoms with Gasteiger partial charge in [-0.05, 0) is 48.5 Å². The molecule has 2 aromatic carbocycles. The molecule has 4 rings (SSSR count). The van der Waals surface area contributed by atoms with Crippen molar-refractivity contribution < 1.29 is 13.6 Å². The Morgan fingerprint density at radius 2 is 1.81 bits per heavy atom. The average molecular weight is 411 g/mol. The maximum absolute atomic E-state index is 14.4. The molecule has 1 aliphatic rings. The third-order valence-corrected chi connectivity index (χ3v) is 4.41. The Morgan fingerprint density at radius 3 is 2.50 bits per heavy atom. The van der Waals surface area contributed by atoms with E-state index in [1.807, 2.05) is 12.1 Å². The Hall–Kier alpha value is -2.99. The van der Waals surface area contributed by atoms with Crippen LogP contribution in [0.1, 0.15) is 11.3 Å². The quantitative estimate of drug-likeness (QED) is 0.569. The Morgan fingerprint density at radius 1 is 1.04 bits per heavy atom. The van der Waals surface area contributed by atoms with Gasteiger partial charge in [-0.25, -0.2) is 9.38 Å². The first-order valence-corrected chi connectivity index (χ1v) is 8.61. The molecule has 0 atom stereocenters. The van der Waals surface area contributed by atoms with Crippen molar-refractivity contribution in [1.82, 2.24) is 0 Å². The van der Waals surface area contributed by atoms with Crippen LogP contribution >= 0.6 is 15.9 Å². The van der Waals surface area contributed by atoms with Crippen molar-refractivity contribution in [1.29, 1.82) is 0 Å². The smallest absolute Gasteiger partial charge is 0.282 e. The molecule has 0 bridgehead atoms. The van der Waals surface area contributed by atoms with E-state index >= 15 is 0 Å². The van der Waals surface area contributed by atoms with Crippen molar-refractivity contribution in [3.8, 4) is 0 Å². The summed E-state index contributed by atoms with van der Waals surface area (Å²) < 4.78 is 20.5. The van der Waals surface area contributed by atoms with Crippen LogP contribution in [-0.4, -0.2) is 11.7 Å². The molecule has 0 aliphatic carbocycles. The summed E-state index contributed by atoms with van der Waals surface area (Å²) in [5, 5.41) is 0. The van der Waals surface area contributed by atoms with Gasteiger partial charge in [0.2, 0.25) is 0 Å². The zero-order valence-corrected chi connectivity index (χ0v) is 15.0. The molecular weight excluding hydrogens is 399 g/mol. The monoisotopic (exact) mass is 410 g/mol. The van der Waals surface area contributed by atoms with Gasteiger partial charge in [0, 0.05) is 10.5 Å². The number of rotatable bonds is 3. The second kappa shape index (κ2) is 6.72. The lowest BCUT2D eigenvalue weighted by Gasteiger charge is -2.18. The van der Waals surface area contributed by atoms with Gasteiger partial charge in [-0.15, -0.1) is 0 Å². The highest BCUT2D eigenvalue weighted by molar-refractivity contribution is 9.10. The van der Waals surface area contributed by atoms with Crippen LogP contribution in [0.5, 0.6) is 0 Å². The van der Waals surface area contributed by atoms with Crippen molar-refractivity contribution in [2.24, 2.45) is 4.99 Å². The SMILES string of the molecule is O=C1/C(=C\c2ccco2)N=C(c2ccccc2F)N1c1ccc(Br)cc1. The summed E-state index contributed by atoms with van der Waals surface area (Å²) in [6.07, 6.45) is 3.06. The zero-order chi connectivity index (χ0) is 18.1. The number of amides is 1. The number of hydrogen-bond acceptors (Lipinski definition) is 3. The van der Waals surface area contributed by atoms with Crippen molar-refractivity contribution in [2.45, 2.75) is 0 Å². The molecule has 1 aliphatic heterocycles. The van der Waals surface area contributed by atoms with Gasteiger partial charge in [0.1, 0.15) is 17.3 Å². The molecule has 4 nitrogen and oxygen atoms in total. The normalized spacial score (nSPS) is 15.6. The van der Waals surface area contributed by atoms with Gasteiger partial charge in [-0.3, -0.25) is 9.69 Å². The second-order valence-electron chi connectivity index (χ2n) is 5.58. The molecule has 6 heteroatoms. The molecule has 2 heterocycles. The van der Waals surface area contributed by atoms with Crippen LogP contribution in [0.3, 0.4) is 0 Å². The fourth-order valence-electron chi connectivity index (χ4n) is 2.68. The van der Waals surface area contributed by atoms with Gasteiger partial charge in [0.05, 0.1) is 17.5 Å². The summed E-state index contributed by atoms with van der Waals surface area (Å²) in [4.78, 5) is 18.8. The Balaban J connectivity index is 1.86. The van der Waals surface area contributed by atoms with Gasteiger partial charge >= 0.3 is 0 Å². The highest BCUT2D eigenvalue weighted by Crippen LogP contribution is 2.29. The number of amidine groups is 1. The van der Waals surface area contributed by atoms with E-state index in [0.717, 1.165) is 4.47 Å². The van der Waals surface area contributed by atoms with E-state index in [-0.39, 0.29) is 23.0 Å². The molecule has 0 fully saturated rings. The number of benzene rings is 2. The highest BCUT2D eigenvalue weighted by Gasteiger charge is 2.33. The summed E-state index contributed by atoms with van der Waals surface area (Å²) in [5.41, 5.74) is 1.04. The molecule has 0 unspecified atom stereocenters. The minimum absolute atomic E-state index is 0.182. The van der Waals surface area contributed by atoms with Crippen molar-refractivity contribution in [3.05, 3.63) is 94.2 Å². The second-order valence-corrected chi connectivity index (χ2v) is 6.49. The minimum Gasteiger partial charge on any atom is -0.465 e. The lowest BCUT2D eigenvalue weighted by Crippen LogP contribution is -2.33. The number of hydrogen-bond donors (Lipinski definition) is 0. The molecule has 0 saturated heterocycles. The highest BCUT2D eigenvalue weighted by atomic mass is 79.9. The topological polar surface area (TPSA) is 45.8 Å². The van der Waals surface area contributed by atoms with Crippen LogP contribution in [-0.2, 0) is 4.79 Å². The number of anilines is 1. The molecule has 0 radical (unpaired) electrons. The lowest BCUT2D eigenvalue weighted by atomic mass is 10.1. The van der Waals surface area contributed by atoms with E-state index in [9.17, 15) is 9.18 Å². The van der Waals surface area contributed by atoms with Gasteiger partial charge in [-0.2, -0.15) is 0 Å². The van der Waals surface area contributed by atoms with E-state index in [1.165, 1.54) is 17.2 Å². The lowest BCUT2D eigenvalue weighted by molar-refractivity contribution is -0.113. The fourth-order valence-corrected chi connectivity index (χ4v) is 2.94. The first-order chi connectivity index (χ1) is 12.6. The maximum Gasteiger partial charge on any atom is 0.282 e. The molecule has 0 spiro atoms. The predicted molar refractivity (Wildman–Crippen MR) is 101 cm³/mol. The standard InChI is InChI=1S/C20H12BrFN2O2/c21-13-7-9-14(10-8-13)24-19(16-5-1-2-6-17(16)22)23-18(20(24)25)12-15-4-3-11-26-15/h1-12H/b18-12+. The van der Waals surface area contributed by atoms with Crippen LogP contribution in [0, 0.1) is 5.82 Å². The maximum atomic E-state index is 14.4. The first-order valence-electron chi connectivity index (χ1n) is 7.82. The molecule has 1 aromatic heterocycles. The van der Waals surface area contributed by atoms with E-state index in [4.69, 9.17) is 4.42 Å². The van der Waals surface area contributed by atoms with Crippen LogP contribution < -0.4 is 4.90 Å². The minimum atomic E-state index is -0.444. The number of furan rings is 1. The summed E-state index contributed by atoms with van der Waals surface area (Å²) in [5.74, 6) is -0.0433. The van der Waals surface area contributed by atoms with Crippen molar-refractivity contribution in [3.63, 3.8) is 0 Å². The van der Waals surface area contributed by atoms with Gasteiger partial charge in [0.15, 0.2) is 5.84 Å². The average Bonchev–Trinajstić information content (AvgIpc) is 3.26. The van der Waals surface area contributed by atoms with Gasteiger partial charge in [-0.1, -0.05) is 28.1 Å². The van der Waals surface area contributed by atoms with Crippen LogP contribution in [0.25, 0.3) is 6.08 Å². The van der Waals surface area contributed by atoms with Gasteiger partial charge < -0.3 is 4.42 Å². The van der Waals surface area contributed by atoms with E-state index in [2.05, 4.69) is 20.9 Å². The number of carbonyl (C=O) groups is 1. The molecule has 0 saturated carbocycles. The molecule has 26 heavy (non-hydrogen) atoms. The van der Waals surface area contributed by atoms with Gasteiger partial charge in [0.25, 0.3) is 5.91 Å². The van der Waals surface area contributed by atoms with Crippen LogP contribution in [0.2, 0.25) is 0 Å². The third kappa shape index (κ3) is 2.99. The third-order valence-electron chi connectivity index (χ3n) is 3.88.